The van der Waals surface area contributed by atoms with Gasteiger partial charge in [-0.15, -0.1) is 11.3 Å². The molecule has 0 saturated heterocycles. The number of anilines is 1. The number of ketones is 1. The second-order valence-electron chi connectivity index (χ2n) is 4.96. The predicted octanol–water partition coefficient (Wildman–Crippen LogP) is 3.05. The van der Waals surface area contributed by atoms with E-state index in [-0.39, 0.29) is 5.92 Å². The lowest BCUT2D eigenvalue weighted by Gasteiger charge is -2.27. The number of carbonyl (C=O) groups excluding carboxylic acids is 1. The average molecular weight is 252 g/mol. The van der Waals surface area contributed by atoms with Crippen LogP contribution in [0.15, 0.2) is 5.38 Å². The highest BCUT2D eigenvalue weighted by Gasteiger charge is 2.26. The Morgan fingerprint density at radius 2 is 2.41 bits per heavy atom. The molecule has 2 atom stereocenters. The fourth-order valence-electron chi connectivity index (χ4n) is 2.68. The Balaban J connectivity index is 1.91. The van der Waals surface area contributed by atoms with Crippen LogP contribution in [0.1, 0.15) is 44.7 Å². The van der Waals surface area contributed by atoms with Gasteiger partial charge in [-0.3, -0.25) is 4.79 Å². The fraction of sp³-hybridized carbons (Fsp3) is 0.692. The first-order valence-electron chi connectivity index (χ1n) is 6.41. The Kier molecular flexibility index (Phi) is 4.15. The molecule has 1 aromatic rings. The van der Waals surface area contributed by atoms with Crippen molar-refractivity contribution in [3.63, 3.8) is 0 Å². The van der Waals surface area contributed by atoms with Crippen LogP contribution < -0.4 is 5.73 Å². The number of nitrogen functional groups attached to an aromatic ring is 1. The molecule has 17 heavy (non-hydrogen) atoms. The largest absolute Gasteiger partial charge is 0.375 e. The van der Waals surface area contributed by atoms with Crippen molar-refractivity contribution in [2.24, 2.45) is 11.8 Å². The van der Waals surface area contributed by atoms with Gasteiger partial charge in [0.05, 0.1) is 5.69 Å². The molecule has 1 saturated carbocycles. The molecule has 2 rings (SSSR count). The van der Waals surface area contributed by atoms with Crippen molar-refractivity contribution in [2.75, 3.05) is 5.73 Å². The first-order chi connectivity index (χ1) is 8.19. The average Bonchev–Trinajstić information content (AvgIpc) is 2.75. The van der Waals surface area contributed by atoms with Crippen molar-refractivity contribution in [2.45, 2.75) is 45.4 Å². The van der Waals surface area contributed by atoms with Crippen molar-refractivity contribution in [3.8, 4) is 0 Å². The Morgan fingerprint density at radius 1 is 1.59 bits per heavy atom. The summed E-state index contributed by atoms with van der Waals surface area (Å²) >= 11 is 1.41. The minimum atomic E-state index is 0.261. The summed E-state index contributed by atoms with van der Waals surface area (Å²) in [7, 11) is 0. The molecule has 1 aromatic heterocycles. The number of carbonyl (C=O) groups is 1. The van der Waals surface area contributed by atoms with Crippen LogP contribution >= 0.6 is 11.3 Å². The summed E-state index contributed by atoms with van der Waals surface area (Å²) in [5.74, 6) is 1.36. The zero-order valence-corrected chi connectivity index (χ0v) is 11.1. The zero-order valence-electron chi connectivity index (χ0n) is 10.3. The minimum absolute atomic E-state index is 0.261. The lowest BCUT2D eigenvalue weighted by molar-refractivity contribution is -0.123. The Bertz CT molecular complexity index is 389. The Morgan fingerprint density at radius 3 is 3.06 bits per heavy atom. The summed E-state index contributed by atoms with van der Waals surface area (Å²) in [4.78, 5) is 16.3. The van der Waals surface area contributed by atoms with E-state index in [0.29, 0.717) is 17.3 Å². The van der Waals surface area contributed by atoms with Crippen molar-refractivity contribution in [1.29, 1.82) is 0 Å². The number of nitrogens with two attached hydrogens (primary N) is 1. The van der Waals surface area contributed by atoms with Gasteiger partial charge in [-0.25, -0.2) is 4.98 Å². The van der Waals surface area contributed by atoms with E-state index in [0.717, 1.165) is 24.5 Å². The topological polar surface area (TPSA) is 56.0 Å². The third kappa shape index (κ3) is 3.28. The SMILES string of the molecule is CCC1CCCC(C(=O)Cc2csc(N)n2)C1. The standard InChI is InChI=1S/C13H20N2OS/c1-2-9-4-3-5-10(6-9)12(16)7-11-8-17-13(14)15-11/h8-10H,2-7H2,1H3,(H2,14,15). The number of thiazole rings is 1. The van der Waals surface area contributed by atoms with Gasteiger partial charge in [0.2, 0.25) is 0 Å². The van der Waals surface area contributed by atoms with Crippen molar-refractivity contribution >= 4 is 22.3 Å². The van der Waals surface area contributed by atoms with E-state index in [2.05, 4.69) is 11.9 Å². The van der Waals surface area contributed by atoms with Crippen molar-refractivity contribution in [3.05, 3.63) is 11.1 Å². The number of aromatic nitrogens is 1. The molecule has 0 spiro atoms. The maximum atomic E-state index is 12.2. The number of rotatable bonds is 4. The molecule has 1 heterocycles. The molecular formula is C13H20N2OS. The highest BCUT2D eigenvalue weighted by molar-refractivity contribution is 7.13. The molecule has 0 bridgehead atoms. The summed E-state index contributed by atoms with van der Waals surface area (Å²) in [6, 6.07) is 0. The molecule has 3 nitrogen and oxygen atoms in total. The van der Waals surface area contributed by atoms with Gasteiger partial charge in [0, 0.05) is 17.7 Å². The number of Topliss-reactive ketones (excluding diaryl/α,β-unsaturated/α-hetero) is 1. The Hall–Kier alpha value is -0.900. The molecule has 0 aromatic carbocycles. The smallest absolute Gasteiger partial charge is 0.180 e. The molecule has 0 radical (unpaired) electrons. The van der Waals surface area contributed by atoms with Gasteiger partial charge in [0.25, 0.3) is 0 Å². The highest BCUT2D eigenvalue weighted by atomic mass is 32.1. The predicted molar refractivity (Wildman–Crippen MR) is 71.0 cm³/mol. The highest BCUT2D eigenvalue weighted by Crippen LogP contribution is 2.32. The Labute approximate surface area is 106 Å². The summed E-state index contributed by atoms with van der Waals surface area (Å²) in [5.41, 5.74) is 6.42. The van der Waals surface area contributed by atoms with Gasteiger partial charge in [-0.05, 0) is 18.8 Å². The van der Waals surface area contributed by atoms with Crippen LogP contribution in [0.4, 0.5) is 5.13 Å². The second-order valence-corrected chi connectivity index (χ2v) is 5.85. The van der Waals surface area contributed by atoms with E-state index in [1.807, 2.05) is 5.38 Å². The fourth-order valence-corrected chi connectivity index (χ4v) is 3.24. The second kappa shape index (κ2) is 5.63. The first-order valence-corrected chi connectivity index (χ1v) is 7.29. The van der Waals surface area contributed by atoms with Gasteiger partial charge in [0.1, 0.15) is 5.78 Å². The maximum absolute atomic E-state index is 12.2. The quantitative estimate of drug-likeness (QED) is 0.896. The van der Waals surface area contributed by atoms with Gasteiger partial charge < -0.3 is 5.73 Å². The van der Waals surface area contributed by atoms with Crippen LogP contribution in [0.5, 0.6) is 0 Å². The molecule has 0 aliphatic heterocycles. The molecule has 1 aliphatic carbocycles. The van der Waals surface area contributed by atoms with E-state index in [9.17, 15) is 4.79 Å². The third-order valence-electron chi connectivity index (χ3n) is 3.74. The molecule has 1 fully saturated rings. The van der Waals surface area contributed by atoms with Crippen LogP contribution in [0.3, 0.4) is 0 Å². The third-order valence-corrected chi connectivity index (χ3v) is 4.46. The van der Waals surface area contributed by atoms with E-state index in [4.69, 9.17) is 5.73 Å². The van der Waals surface area contributed by atoms with Crippen LogP contribution in [-0.2, 0) is 11.2 Å². The normalized spacial score (nSPS) is 24.8. The van der Waals surface area contributed by atoms with E-state index < -0.39 is 0 Å². The number of hydrogen-bond acceptors (Lipinski definition) is 4. The van der Waals surface area contributed by atoms with Gasteiger partial charge in [-0.1, -0.05) is 26.2 Å². The van der Waals surface area contributed by atoms with Crippen molar-refractivity contribution in [1.82, 2.24) is 4.98 Å². The molecule has 2 N–H and O–H groups in total. The first kappa shape index (κ1) is 12.6. The summed E-state index contributed by atoms with van der Waals surface area (Å²) < 4.78 is 0. The van der Waals surface area contributed by atoms with Crippen LogP contribution in [0.25, 0.3) is 0 Å². The molecule has 2 unspecified atom stereocenters. The lowest BCUT2D eigenvalue weighted by atomic mass is 9.77. The molecule has 4 heteroatoms. The lowest BCUT2D eigenvalue weighted by Crippen LogP contribution is -2.24. The van der Waals surface area contributed by atoms with Crippen LogP contribution in [0.2, 0.25) is 0 Å². The molecular weight excluding hydrogens is 232 g/mol. The zero-order chi connectivity index (χ0) is 12.3. The monoisotopic (exact) mass is 252 g/mol. The van der Waals surface area contributed by atoms with E-state index in [1.165, 1.54) is 30.6 Å². The van der Waals surface area contributed by atoms with E-state index in [1.54, 1.807) is 0 Å². The number of nitrogens with zero attached hydrogens (tertiary/aromatic N) is 1. The van der Waals surface area contributed by atoms with Gasteiger partial charge >= 0.3 is 0 Å². The van der Waals surface area contributed by atoms with Gasteiger partial charge in [0.15, 0.2) is 5.13 Å². The van der Waals surface area contributed by atoms with Crippen LogP contribution in [0, 0.1) is 11.8 Å². The maximum Gasteiger partial charge on any atom is 0.180 e. The van der Waals surface area contributed by atoms with E-state index >= 15 is 0 Å². The van der Waals surface area contributed by atoms with Crippen LogP contribution in [-0.4, -0.2) is 10.8 Å². The summed E-state index contributed by atoms with van der Waals surface area (Å²) in [6.07, 6.45) is 6.31. The molecule has 94 valence electrons. The number of hydrogen-bond donors (Lipinski definition) is 1. The van der Waals surface area contributed by atoms with Crippen molar-refractivity contribution < 1.29 is 4.79 Å². The summed E-state index contributed by atoms with van der Waals surface area (Å²) in [6.45, 7) is 2.22. The molecule has 1 aliphatic rings. The molecule has 0 amide bonds. The summed E-state index contributed by atoms with van der Waals surface area (Å²) in [5, 5.41) is 2.45. The van der Waals surface area contributed by atoms with Gasteiger partial charge in [-0.2, -0.15) is 0 Å². The minimum Gasteiger partial charge on any atom is -0.375 e.